The maximum atomic E-state index is 5.35. The molecule has 96 valence electrons. The van der Waals surface area contributed by atoms with E-state index >= 15 is 0 Å². The molecule has 0 aromatic carbocycles. The van der Waals surface area contributed by atoms with Crippen molar-refractivity contribution >= 4 is 11.8 Å². The Kier molecular flexibility index (Phi) is 4.12. The highest BCUT2D eigenvalue weighted by molar-refractivity contribution is 8.00. The molecule has 0 unspecified atom stereocenters. The number of hydrogen-bond donors (Lipinski definition) is 1. The van der Waals surface area contributed by atoms with E-state index in [0.29, 0.717) is 4.75 Å². The minimum Gasteiger partial charge on any atom is -0.360 e. The van der Waals surface area contributed by atoms with Crippen molar-refractivity contribution < 1.29 is 4.52 Å². The third kappa shape index (κ3) is 3.72. The van der Waals surface area contributed by atoms with Crippen molar-refractivity contribution in [3.63, 3.8) is 0 Å². The van der Waals surface area contributed by atoms with Crippen LogP contribution in [-0.4, -0.2) is 40.7 Å². The molecule has 0 radical (unpaired) electrons. The monoisotopic (exact) mass is 255 g/mol. The Balaban J connectivity index is 1.91. The number of nitrogens with one attached hydrogen (secondary N) is 1. The van der Waals surface area contributed by atoms with Gasteiger partial charge in [-0.1, -0.05) is 5.16 Å². The lowest BCUT2D eigenvalue weighted by Gasteiger charge is -2.36. The molecule has 1 aromatic rings. The molecule has 0 spiro atoms. The second-order valence-electron chi connectivity index (χ2n) is 5.13. The summed E-state index contributed by atoms with van der Waals surface area (Å²) in [6, 6.07) is 2.05. The molecule has 1 aliphatic rings. The third-order valence-corrected chi connectivity index (χ3v) is 4.15. The highest BCUT2D eigenvalue weighted by Crippen LogP contribution is 2.30. The molecule has 0 amide bonds. The molecule has 0 bridgehead atoms. The number of rotatable bonds is 4. The average molecular weight is 255 g/mol. The molecule has 1 saturated heterocycles. The van der Waals surface area contributed by atoms with Crippen LogP contribution < -0.4 is 5.32 Å². The van der Waals surface area contributed by atoms with Gasteiger partial charge in [0.15, 0.2) is 5.76 Å². The largest absolute Gasteiger partial charge is 0.360 e. The number of nitrogens with zero attached hydrogens (tertiary/aromatic N) is 2. The van der Waals surface area contributed by atoms with E-state index in [2.05, 4.69) is 41.0 Å². The first-order valence-corrected chi connectivity index (χ1v) is 7.03. The van der Waals surface area contributed by atoms with E-state index in [1.54, 1.807) is 0 Å². The van der Waals surface area contributed by atoms with Gasteiger partial charge in [0.25, 0.3) is 0 Å². The van der Waals surface area contributed by atoms with Gasteiger partial charge in [0.2, 0.25) is 0 Å². The zero-order valence-corrected chi connectivity index (χ0v) is 11.6. The molecular formula is C12H21N3OS. The summed E-state index contributed by atoms with van der Waals surface area (Å²) < 4.78 is 5.70. The Morgan fingerprint density at radius 2 is 2.41 bits per heavy atom. The quantitative estimate of drug-likeness (QED) is 0.887. The van der Waals surface area contributed by atoms with Crippen molar-refractivity contribution in [1.29, 1.82) is 0 Å². The zero-order chi connectivity index (χ0) is 12.3. The van der Waals surface area contributed by atoms with Crippen LogP contribution in [0.3, 0.4) is 0 Å². The van der Waals surface area contributed by atoms with Crippen molar-refractivity contribution in [2.24, 2.45) is 0 Å². The van der Waals surface area contributed by atoms with Crippen LogP contribution in [0.2, 0.25) is 0 Å². The molecule has 0 aliphatic carbocycles. The second kappa shape index (κ2) is 5.42. The summed E-state index contributed by atoms with van der Waals surface area (Å²) in [6.07, 6.45) is 0. The van der Waals surface area contributed by atoms with E-state index in [0.717, 1.165) is 37.6 Å². The molecule has 0 atom stereocenters. The second-order valence-corrected chi connectivity index (χ2v) is 6.94. The summed E-state index contributed by atoms with van der Waals surface area (Å²) in [5, 5.41) is 7.11. The summed E-state index contributed by atoms with van der Waals surface area (Å²) in [6.45, 7) is 8.49. The molecule has 17 heavy (non-hydrogen) atoms. The molecule has 1 N–H and O–H groups in total. The predicted molar refractivity (Wildman–Crippen MR) is 71.1 cm³/mol. The molecule has 2 heterocycles. The van der Waals surface area contributed by atoms with Gasteiger partial charge in [-0.25, -0.2) is 0 Å². The van der Waals surface area contributed by atoms with Gasteiger partial charge in [-0.3, -0.25) is 4.90 Å². The first kappa shape index (κ1) is 12.9. The first-order chi connectivity index (χ1) is 8.09. The summed E-state index contributed by atoms with van der Waals surface area (Å²) in [4.78, 5) is 2.44. The van der Waals surface area contributed by atoms with Gasteiger partial charge in [-0.2, -0.15) is 11.8 Å². The lowest BCUT2D eigenvalue weighted by Crippen LogP contribution is -2.42. The van der Waals surface area contributed by atoms with Crippen molar-refractivity contribution in [3.05, 3.63) is 17.5 Å². The van der Waals surface area contributed by atoms with Crippen LogP contribution in [0, 0.1) is 0 Å². The summed E-state index contributed by atoms with van der Waals surface area (Å²) in [5.41, 5.74) is 0.980. The molecule has 1 aliphatic heterocycles. The van der Waals surface area contributed by atoms with Crippen molar-refractivity contribution in [3.8, 4) is 0 Å². The highest BCUT2D eigenvalue weighted by Gasteiger charge is 2.27. The minimum atomic E-state index is 0.353. The van der Waals surface area contributed by atoms with Crippen molar-refractivity contribution in [1.82, 2.24) is 15.4 Å². The van der Waals surface area contributed by atoms with Gasteiger partial charge in [-0.15, -0.1) is 0 Å². The SMILES string of the molecule is CNCc1cc(CN2CCSC(C)(C)C2)on1. The lowest BCUT2D eigenvalue weighted by atomic mass is 10.2. The molecule has 4 nitrogen and oxygen atoms in total. The molecule has 1 aromatic heterocycles. The number of aromatic nitrogens is 1. The third-order valence-electron chi connectivity index (χ3n) is 2.85. The first-order valence-electron chi connectivity index (χ1n) is 6.04. The topological polar surface area (TPSA) is 41.3 Å². The van der Waals surface area contributed by atoms with Gasteiger partial charge < -0.3 is 9.84 Å². The predicted octanol–water partition coefficient (Wildman–Crippen LogP) is 1.72. The van der Waals surface area contributed by atoms with Crippen molar-refractivity contribution in [2.75, 3.05) is 25.9 Å². The molecular weight excluding hydrogens is 234 g/mol. The van der Waals surface area contributed by atoms with Crippen LogP contribution in [-0.2, 0) is 13.1 Å². The van der Waals surface area contributed by atoms with Crippen molar-refractivity contribution in [2.45, 2.75) is 31.7 Å². The Labute approximate surface area is 107 Å². The van der Waals surface area contributed by atoms with Gasteiger partial charge in [0.05, 0.1) is 12.2 Å². The highest BCUT2D eigenvalue weighted by atomic mass is 32.2. The van der Waals surface area contributed by atoms with E-state index < -0.39 is 0 Å². The fourth-order valence-electron chi connectivity index (χ4n) is 2.16. The van der Waals surface area contributed by atoms with E-state index in [-0.39, 0.29) is 0 Å². The van der Waals surface area contributed by atoms with Crippen LogP contribution >= 0.6 is 11.8 Å². The van der Waals surface area contributed by atoms with Gasteiger partial charge in [0.1, 0.15) is 0 Å². The van der Waals surface area contributed by atoms with E-state index in [9.17, 15) is 0 Å². The Hall–Kier alpha value is -0.520. The van der Waals surface area contributed by atoms with Gasteiger partial charge >= 0.3 is 0 Å². The van der Waals surface area contributed by atoms with E-state index in [1.807, 2.05) is 13.1 Å². The van der Waals surface area contributed by atoms with Gasteiger partial charge in [-0.05, 0) is 20.9 Å². The number of hydrogen-bond acceptors (Lipinski definition) is 5. The van der Waals surface area contributed by atoms with E-state index in [4.69, 9.17) is 4.52 Å². The van der Waals surface area contributed by atoms with Crippen LogP contribution in [0.1, 0.15) is 25.3 Å². The fraction of sp³-hybridized carbons (Fsp3) is 0.750. The summed E-state index contributed by atoms with van der Waals surface area (Å²) in [7, 11) is 1.92. The van der Waals surface area contributed by atoms with Crippen LogP contribution in [0.4, 0.5) is 0 Å². The maximum Gasteiger partial charge on any atom is 0.151 e. The van der Waals surface area contributed by atoms with Crippen LogP contribution in [0.5, 0.6) is 0 Å². The molecule has 5 heteroatoms. The summed E-state index contributed by atoms with van der Waals surface area (Å²) >= 11 is 2.05. The maximum absolute atomic E-state index is 5.35. The minimum absolute atomic E-state index is 0.353. The zero-order valence-electron chi connectivity index (χ0n) is 10.8. The Morgan fingerprint density at radius 3 is 3.12 bits per heavy atom. The number of thioether (sulfide) groups is 1. The fourth-order valence-corrected chi connectivity index (χ4v) is 3.34. The molecule has 1 fully saturated rings. The Bertz CT molecular complexity index is 364. The lowest BCUT2D eigenvalue weighted by molar-refractivity contribution is 0.221. The standard InChI is InChI=1S/C12H21N3OS/c1-12(2)9-15(4-5-17-12)8-11-6-10(7-13-3)14-16-11/h6,13H,4-5,7-9H2,1-3H3. The Morgan fingerprint density at radius 1 is 1.59 bits per heavy atom. The van der Waals surface area contributed by atoms with Crippen LogP contribution in [0.15, 0.2) is 10.6 Å². The summed E-state index contributed by atoms with van der Waals surface area (Å²) in [5.74, 6) is 2.17. The molecule has 2 rings (SSSR count). The van der Waals surface area contributed by atoms with Crippen LogP contribution in [0.25, 0.3) is 0 Å². The smallest absolute Gasteiger partial charge is 0.151 e. The average Bonchev–Trinajstić information content (AvgIpc) is 2.64. The van der Waals surface area contributed by atoms with E-state index in [1.165, 1.54) is 5.75 Å². The normalized spacial score (nSPS) is 20.6. The van der Waals surface area contributed by atoms with Gasteiger partial charge in [0, 0.05) is 36.2 Å². The molecule has 0 saturated carbocycles.